The van der Waals surface area contributed by atoms with Crippen LogP contribution in [0.25, 0.3) is 22.0 Å². The van der Waals surface area contributed by atoms with Crippen LogP contribution < -0.4 is 21.1 Å². The number of rotatable bonds is 12. The van der Waals surface area contributed by atoms with E-state index in [1.165, 1.54) is 6.08 Å². The number of hydrogen-bond donors (Lipinski definition) is 3. The number of nitrogens with zero attached hydrogens (tertiary/aromatic N) is 4. The third-order valence-electron chi connectivity index (χ3n) is 8.41. The van der Waals surface area contributed by atoms with Crippen LogP contribution >= 0.6 is 0 Å². The summed E-state index contributed by atoms with van der Waals surface area (Å²) in [7, 11) is 2.13. The Morgan fingerprint density at radius 2 is 1.87 bits per heavy atom. The number of nitrogens with one attached hydrogen (secondary N) is 3. The zero-order chi connectivity index (χ0) is 31.9. The molecule has 1 aromatic carbocycles. The minimum Gasteiger partial charge on any atom is -0.354 e. The van der Waals surface area contributed by atoms with Gasteiger partial charge in [-0.05, 0) is 80.4 Å². The molecule has 2 amide bonds. The van der Waals surface area contributed by atoms with E-state index in [4.69, 9.17) is 4.98 Å². The van der Waals surface area contributed by atoms with Gasteiger partial charge in [-0.3, -0.25) is 14.4 Å². The average molecular weight is 610 g/mol. The third-order valence-corrected chi connectivity index (χ3v) is 8.41. The molecule has 0 unspecified atom stereocenters. The van der Waals surface area contributed by atoms with Crippen LogP contribution in [0.15, 0.2) is 66.2 Å². The highest BCUT2D eigenvalue weighted by Gasteiger charge is 2.19. The summed E-state index contributed by atoms with van der Waals surface area (Å²) in [5.74, 6) is 0.500. The number of aromatic amines is 1. The van der Waals surface area contributed by atoms with Gasteiger partial charge in [-0.2, -0.15) is 0 Å². The smallest absolute Gasteiger partial charge is 0.253 e. The van der Waals surface area contributed by atoms with Crippen LogP contribution in [0.2, 0.25) is 0 Å². The Hall–Kier alpha value is -4.70. The van der Waals surface area contributed by atoms with Gasteiger partial charge in [0.2, 0.25) is 5.91 Å². The van der Waals surface area contributed by atoms with E-state index in [1.54, 1.807) is 0 Å². The molecule has 10 nitrogen and oxygen atoms in total. The maximum Gasteiger partial charge on any atom is 0.253 e. The Bertz CT molecular complexity index is 1730. The normalized spacial score (nSPS) is 13.6. The Labute approximate surface area is 264 Å². The van der Waals surface area contributed by atoms with Crippen molar-refractivity contribution >= 4 is 28.5 Å². The van der Waals surface area contributed by atoms with Crippen LogP contribution in [0, 0.1) is 6.92 Å². The number of benzene rings is 1. The number of likely N-dealkylation sites (N-methyl/N-ethyl adjacent to an activating group) is 1. The molecule has 45 heavy (non-hydrogen) atoms. The van der Waals surface area contributed by atoms with E-state index < -0.39 is 0 Å². The largest absolute Gasteiger partial charge is 0.354 e. The Morgan fingerprint density at radius 1 is 1.07 bits per heavy atom. The van der Waals surface area contributed by atoms with Gasteiger partial charge < -0.3 is 30.0 Å². The molecule has 236 valence electrons. The first-order valence-electron chi connectivity index (χ1n) is 15.7. The Morgan fingerprint density at radius 3 is 2.58 bits per heavy atom. The molecule has 10 heteroatoms. The van der Waals surface area contributed by atoms with Crippen molar-refractivity contribution in [3.05, 3.63) is 94.2 Å². The minimum atomic E-state index is -0.248. The first-order valence-corrected chi connectivity index (χ1v) is 15.7. The van der Waals surface area contributed by atoms with E-state index in [0.717, 1.165) is 78.1 Å². The molecule has 4 aromatic rings. The SMILES string of the molecule is C=CC(=O)NCCCn1ccc2c(C(=O)NCc3c(CCC)cc(C)[nH]c3=O)cc(-c3ccc(N4CCN(C)CC4)nc3)cc21. The van der Waals surface area contributed by atoms with Crippen LogP contribution in [0.5, 0.6) is 0 Å². The molecule has 0 bridgehead atoms. The second kappa shape index (κ2) is 14.4. The number of aryl methyl sites for hydroxylation is 3. The first-order chi connectivity index (χ1) is 21.8. The molecule has 4 heterocycles. The fraction of sp³-hybridized carbons (Fsp3) is 0.371. The second-order valence-electron chi connectivity index (χ2n) is 11.7. The first kappa shape index (κ1) is 31.7. The van der Waals surface area contributed by atoms with Crippen molar-refractivity contribution in [1.82, 2.24) is 30.1 Å². The monoisotopic (exact) mass is 609 g/mol. The molecule has 3 N–H and O–H groups in total. The number of amides is 2. The summed E-state index contributed by atoms with van der Waals surface area (Å²) >= 11 is 0. The molecule has 0 spiro atoms. The van der Waals surface area contributed by atoms with Crippen LogP contribution in [-0.4, -0.2) is 71.0 Å². The van der Waals surface area contributed by atoms with Gasteiger partial charge in [-0.15, -0.1) is 0 Å². The molecular weight excluding hydrogens is 566 g/mol. The fourth-order valence-corrected chi connectivity index (χ4v) is 5.89. The number of anilines is 1. The lowest BCUT2D eigenvalue weighted by molar-refractivity contribution is -0.116. The molecule has 0 saturated carbocycles. The molecule has 3 aromatic heterocycles. The van der Waals surface area contributed by atoms with Gasteiger partial charge in [0.05, 0.1) is 0 Å². The summed E-state index contributed by atoms with van der Waals surface area (Å²) in [5.41, 5.74) is 5.43. The summed E-state index contributed by atoms with van der Waals surface area (Å²) in [5, 5.41) is 6.67. The molecule has 1 fully saturated rings. The van der Waals surface area contributed by atoms with E-state index in [2.05, 4.69) is 62.7 Å². The molecule has 0 atom stereocenters. The van der Waals surface area contributed by atoms with Gasteiger partial charge in [0.25, 0.3) is 11.5 Å². The van der Waals surface area contributed by atoms with Gasteiger partial charge in [-0.25, -0.2) is 4.98 Å². The second-order valence-corrected chi connectivity index (χ2v) is 11.7. The van der Waals surface area contributed by atoms with Crippen molar-refractivity contribution in [2.75, 3.05) is 44.7 Å². The summed E-state index contributed by atoms with van der Waals surface area (Å²) < 4.78 is 2.10. The number of carbonyl (C=O) groups excluding carboxylic acids is 2. The van der Waals surface area contributed by atoms with Gasteiger partial charge in [-0.1, -0.05) is 19.9 Å². The van der Waals surface area contributed by atoms with Gasteiger partial charge >= 0.3 is 0 Å². The van der Waals surface area contributed by atoms with Crippen molar-refractivity contribution in [1.29, 1.82) is 0 Å². The maximum absolute atomic E-state index is 13.8. The average Bonchev–Trinajstić information content (AvgIpc) is 3.45. The van der Waals surface area contributed by atoms with E-state index in [-0.39, 0.29) is 23.9 Å². The molecule has 0 radical (unpaired) electrons. The molecule has 1 saturated heterocycles. The third kappa shape index (κ3) is 7.51. The molecule has 5 rings (SSSR count). The van der Waals surface area contributed by atoms with Crippen LogP contribution in [-0.2, 0) is 24.3 Å². The van der Waals surface area contributed by atoms with Gasteiger partial charge in [0.1, 0.15) is 5.82 Å². The van der Waals surface area contributed by atoms with E-state index in [1.807, 2.05) is 43.6 Å². The number of H-pyrrole nitrogens is 1. The maximum atomic E-state index is 13.8. The highest BCUT2D eigenvalue weighted by atomic mass is 16.2. The lowest BCUT2D eigenvalue weighted by Gasteiger charge is -2.33. The predicted octanol–water partition coefficient (Wildman–Crippen LogP) is 4.03. The van der Waals surface area contributed by atoms with Crippen molar-refractivity contribution in [3.8, 4) is 11.1 Å². The molecular formula is C35H43N7O3. The van der Waals surface area contributed by atoms with Crippen molar-refractivity contribution in [2.24, 2.45) is 0 Å². The Kier molecular flexibility index (Phi) is 10.1. The molecule has 0 aliphatic carbocycles. The minimum absolute atomic E-state index is 0.139. The summed E-state index contributed by atoms with van der Waals surface area (Å²) in [6, 6.07) is 12.0. The van der Waals surface area contributed by atoms with Crippen molar-refractivity contribution < 1.29 is 9.59 Å². The van der Waals surface area contributed by atoms with Crippen molar-refractivity contribution in [2.45, 2.75) is 46.2 Å². The number of aromatic nitrogens is 3. The van der Waals surface area contributed by atoms with E-state index >= 15 is 0 Å². The zero-order valence-electron chi connectivity index (χ0n) is 26.5. The van der Waals surface area contributed by atoms with E-state index in [9.17, 15) is 14.4 Å². The highest BCUT2D eigenvalue weighted by Crippen LogP contribution is 2.30. The number of fused-ring (bicyclic) bond motifs is 1. The predicted molar refractivity (Wildman–Crippen MR) is 180 cm³/mol. The molecule has 1 aliphatic heterocycles. The summed E-state index contributed by atoms with van der Waals surface area (Å²) in [4.78, 5) is 50.5. The Balaban J connectivity index is 1.45. The topological polar surface area (TPSA) is 115 Å². The lowest BCUT2D eigenvalue weighted by Crippen LogP contribution is -2.44. The number of pyridine rings is 2. The van der Waals surface area contributed by atoms with Crippen LogP contribution in [0.1, 0.15) is 46.9 Å². The number of carbonyl (C=O) groups is 2. The fourth-order valence-electron chi connectivity index (χ4n) is 5.89. The summed E-state index contributed by atoms with van der Waals surface area (Å²) in [6.45, 7) is 12.6. The lowest BCUT2D eigenvalue weighted by atomic mass is 10.00. The van der Waals surface area contributed by atoms with Crippen molar-refractivity contribution in [3.63, 3.8) is 0 Å². The highest BCUT2D eigenvalue weighted by molar-refractivity contribution is 6.08. The van der Waals surface area contributed by atoms with Crippen LogP contribution in [0.4, 0.5) is 5.82 Å². The van der Waals surface area contributed by atoms with Gasteiger partial charge in [0, 0.05) is 91.5 Å². The number of piperazine rings is 1. The zero-order valence-corrected chi connectivity index (χ0v) is 26.5. The summed E-state index contributed by atoms with van der Waals surface area (Å²) in [6.07, 6.45) is 7.49. The standard InChI is InChI=1S/C35H43N7O3/c1-5-8-25-19-24(3)39-35(45)30(25)23-38-34(44)29-20-27(26-9-10-32(37-22-26)42-17-15-40(4)16-18-42)21-31-28(29)11-14-41(31)13-7-12-36-33(43)6-2/h6,9-11,14,19-22H,2,5,7-8,12-13,15-18,23H2,1,3-4H3,(H,36,43)(H,38,44)(H,39,45). The molecule has 1 aliphatic rings. The number of hydrogen-bond acceptors (Lipinski definition) is 6. The van der Waals surface area contributed by atoms with E-state index in [0.29, 0.717) is 30.6 Å². The van der Waals surface area contributed by atoms with Gasteiger partial charge in [0.15, 0.2) is 0 Å². The quantitative estimate of drug-likeness (QED) is 0.165. The van der Waals surface area contributed by atoms with Crippen LogP contribution in [0.3, 0.4) is 0 Å².